The second-order valence-corrected chi connectivity index (χ2v) is 5.45. The van der Waals surface area contributed by atoms with Crippen molar-refractivity contribution in [3.8, 4) is 11.5 Å². The predicted molar refractivity (Wildman–Crippen MR) is 106 cm³/mol. The van der Waals surface area contributed by atoms with Crippen LogP contribution in [0.3, 0.4) is 0 Å². The van der Waals surface area contributed by atoms with E-state index in [0.717, 1.165) is 23.8 Å². The van der Waals surface area contributed by atoms with Gasteiger partial charge in [0.1, 0.15) is 11.5 Å². The van der Waals surface area contributed by atoms with E-state index in [1.165, 1.54) is 5.56 Å². The van der Waals surface area contributed by atoms with Gasteiger partial charge in [-0.3, -0.25) is 0 Å². The van der Waals surface area contributed by atoms with Crippen molar-refractivity contribution in [2.24, 2.45) is 4.99 Å². The van der Waals surface area contributed by atoms with Crippen molar-refractivity contribution in [1.29, 1.82) is 0 Å². The molecule has 2 rings (SSSR count). The second-order valence-electron chi connectivity index (χ2n) is 4.67. The molecule has 3 N–H and O–H groups in total. The lowest BCUT2D eigenvalue weighted by molar-refractivity contribution is 0.410. The van der Waals surface area contributed by atoms with Gasteiger partial charge in [0.25, 0.3) is 0 Å². The van der Waals surface area contributed by atoms with Crippen LogP contribution in [-0.4, -0.2) is 24.7 Å². The molecule has 0 saturated heterocycles. The number of rotatable bonds is 6. The summed E-state index contributed by atoms with van der Waals surface area (Å²) in [6.07, 6.45) is 0. The molecule has 0 atom stereocenters. The van der Waals surface area contributed by atoms with Gasteiger partial charge in [-0.25, -0.2) is 4.99 Å². The van der Waals surface area contributed by atoms with Crippen molar-refractivity contribution in [3.63, 3.8) is 0 Å². The number of benzene rings is 1. The maximum Gasteiger partial charge on any atom is 0.191 e. The van der Waals surface area contributed by atoms with E-state index in [2.05, 4.69) is 27.1 Å². The molecule has 5 nitrogen and oxygen atoms in total. The van der Waals surface area contributed by atoms with E-state index in [0.29, 0.717) is 13.1 Å². The lowest BCUT2D eigenvalue weighted by atomic mass is 10.2. The molecule has 0 aliphatic carbocycles. The Morgan fingerprint density at radius 2 is 2.13 bits per heavy atom. The summed E-state index contributed by atoms with van der Waals surface area (Å²) in [6.45, 7) is 3.89. The van der Waals surface area contributed by atoms with E-state index in [9.17, 15) is 5.11 Å². The monoisotopic (exact) mass is 447 g/mol. The van der Waals surface area contributed by atoms with E-state index in [1.807, 2.05) is 18.4 Å². The first-order valence-electron chi connectivity index (χ1n) is 7.12. The summed E-state index contributed by atoms with van der Waals surface area (Å²) >= 11 is 1.66. The number of nitrogens with one attached hydrogen (secondary N) is 2. The van der Waals surface area contributed by atoms with Crippen LogP contribution in [0.1, 0.15) is 18.1 Å². The lowest BCUT2D eigenvalue weighted by Gasteiger charge is -2.12. The van der Waals surface area contributed by atoms with Crippen LogP contribution in [0, 0.1) is 0 Å². The third kappa shape index (κ3) is 6.26. The number of hydrogen-bond donors (Lipinski definition) is 3. The number of thiophene rings is 1. The van der Waals surface area contributed by atoms with Crippen LogP contribution in [0.25, 0.3) is 0 Å². The van der Waals surface area contributed by atoms with E-state index in [-0.39, 0.29) is 29.7 Å². The number of aromatic hydroxyl groups is 1. The Bertz CT molecular complexity index is 618. The van der Waals surface area contributed by atoms with Crippen LogP contribution in [-0.2, 0) is 13.1 Å². The van der Waals surface area contributed by atoms with Crippen molar-refractivity contribution < 1.29 is 9.84 Å². The van der Waals surface area contributed by atoms with E-state index >= 15 is 0 Å². The zero-order valence-electron chi connectivity index (χ0n) is 13.2. The Labute approximate surface area is 157 Å². The average molecular weight is 447 g/mol. The lowest BCUT2D eigenvalue weighted by Crippen LogP contribution is -2.36. The van der Waals surface area contributed by atoms with Crippen molar-refractivity contribution in [2.75, 3.05) is 13.7 Å². The molecule has 7 heteroatoms. The summed E-state index contributed by atoms with van der Waals surface area (Å²) in [4.78, 5) is 4.53. The van der Waals surface area contributed by atoms with Crippen LogP contribution < -0.4 is 15.4 Å². The fraction of sp³-hybridized carbons (Fsp3) is 0.312. The molecule has 0 saturated carbocycles. The number of ether oxygens (including phenoxy) is 1. The smallest absolute Gasteiger partial charge is 0.191 e. The number of nitrogens with zero attached hydrogens (tertiary/aromatic N) is 1. The van der Waals surface area contributed by atoms with Crippen LogP contribution in [0.15, 0.2) is 40.0 Å². The van der Waals surface area contributed by atoms with Crippen molar-refractivity contribution in [3.05, 3.63) is 46.2 Å². The van der Waals surface area contributed by atoms with E-state index in [4.69, 9.17) is 4.74 Å². The largest absolute Gasteiger partial charge is 0.508 e. The van der Waals surface area contributed by atoms with Gasteiger partial charge >= 0.3 is 0 Å². The average Bonchev–Trinajstić information content (AvgIpc) is 3.05. The quantitative estimate of drug-likeness (QED) is 0.361. The molecule has 0 spiro atoms. The first-order chi connectivity index (χ1) is 10.7. The zero-order chi connectivity index (χ0) is 15.8. The second kappa shape index (κ2) is 10.3. The molecule has 0 fully saturated rings. The highest BCUT2D eigenvalue weighted by Crippen LogP contribution is 2.22. The van der Waals surface area contributed by atoms with Gasteiger partial charge in [-0.2, -0.15) is 11.3 Å². The SMILES string of the molecule is CCNC(=NCc1ccsc1)NCc1cc(OC)ccc1O.I. The normalized spacial score (nSPS) is 10.8. The predicted octanol–water partition coefficient (Wildman–Crippen LogP) is 3.34. The van der Waals surface area contributed by atoms with Crippen LogP contribution in [0.5, 0.6) is 11.5 Å². The van der Waals surface area contributed by atoms with Gasteiger partial charge < -0.3 is 20.5 Å². The molecule has 0 bridgehead atoms. The number of aliphatic imine (C=N–C) groups is 1. The summed E-state index contributed by atoms with van der Waals surface area (Å²) in [6, 6.07) is 7.23. The molecule has 0 amide bonds. The number of guanidine groups is 1. The summed E-state index contributed by atoms with van der Waals surface area (Å²) in [7, 11) is 1.61. The fourth-order valence-corrected chi connectivity index (χ4v) is 2.56. The fourth-order valence-electron chi connectivity index (χ4n) is 1.90. The minimum atomic E-state index is 0. The Morgan fingerprint density at radius 1 is 1.30 bits per heavy atom. The number of phenolic OH excluding ortho intramolecular Hbond substituents is 1. The maximum absolute atomic E-state index is 9.90. The number of methoxy groups -OCH3 is 1. The first kappa shape index (κ1) is 19.6. The summed E-state index contributed by atoms with van der Waals surface area (Å²) in [5.41, 5.74) is 1.95. The molecular weight excluding hydrogens is 425 g/mol. The highest BCUT2D eigenvalue weighted by atomic mass is 127. The summed E-state index contributed by atoms with van der Waals surface area (Å²) in [5.74, 6) is 1.67. The summed E-state index contributed by atoms with van der Waals surface area (Å²) in [5, 5.41) is 20.4. The number of phenols is 1. The molecule has 0 unspecified atom stereocenters. The minimum absolute atomic E-state index is 0. The topological polar surface area (TPSA) is 65.9 Å². The van der Waals surface area contributed by atoms with Gasteiger partial charge in [0.05, 0.1) is 13.7 Å². The standard InChI is InChI=1S/C16H21N3O2S.HI/c1-3-17-16(18-9-12-6-7-22-11-12)19-10-13-8-14(21-2)4-5-15(13)20;/h4-8,11,20H,3,9-10H2,1-2H3,(H2,17,18,19);1H. The van der Waals surface area contributed by atoms with E-state index in [1.54, 1.807) is 30.6 Å². The molecule has 2 aromatic rings. The van der Waals surface area contributed by atoms with Crippen LogP contribution in [0.4, 0.5) is 0 Å². The molecule has 1 heterocycles. The van der Waals surface area contributed by atoms with Crippen LogP contribution in [0.2, 0.25) is 0 Å². The third-order valence-electron chi connectivity index (χ3n) is 3.08. The first-order valence-corrected chi connectivity index (χ1v) is 8.06. The Balaban J connectivity index is 0.00000264. The number of hydrogen-bond acceptors (Lipinski definition) is 4. The highest BCUT2D eigenvalue weighted by Gasteiger charge is 2.05. The summed E-state index contributed by atoms with van der Waals surface area (Å²) < 4.78 is 5.18. The van der Waals surface area contributed by atoms with Gasteiger partial charge in [-0.05, 0) is 47.5 Å². The number of halogens is 1. The highest BCUT2D eigenvalue weighted by molar-refractivity contribution is 14.0. The van der Waals surface area contributed by atoms with E-state index < -0.39 is 0 Å². The van der Waals surface area contributed by atoms with Crippen molar-refractivity contribution >= 4 is 41.3 Å². The van der Waals surface area contributed by atoms with Gasteiger partial charge in [0.2, 0.25) is 0 Å². The Hall–Kier alpha value is -1.48. The van der Waals surface area contributed by atoms with Gasteiger partial charge in [-0.15, -0.1) is 24.0 Å². The maximum atomic E-state index is 9.90. The molecule has 1 aromatic heterocycles. The molecule has 1 aromatic carbocycles. The van der Waals surface area contributed by atoms with Gasteiger partial charge in [0.15, 0.2) is 5.96 Å². The molecular formula is C16H22IN3O2S. The molecule has 23 heavy (non-hydrogen) atoms. The zero-order valence-corrected chi connectivity index (χ0v) is 16.4. The molecule has 0 radical (unpaired) electrons. The van der Waals surface area contributed by atoms with Crippen molar-refractivity contribution in [2.45, 2.75) is 20.0 Å². The molecule has 126 valence electrons. The van der Waals surface area contributed by atoms with Gasteiger partial charge in [-0.1, -0.05) is 0 Å². The minimum Gasteiger partial charge on any atom is -0.508 e. The van der Waals surface area contributed by atoms with Crippen molar-refractivity contribution in [1.82, 2.24) is 10.6 Å². The van der Waals surface area contributed by atoms with Gasteiger partial charge in [0, 0.05) is 18.7 Å². The molecule has 0 aliphatic rings. The molecule has 0 aliphatic heterocycles. The third-order valence-corrected chi connectivity index (χ3v) is 3.81. The van der Waals surface area contributed by atoms with Crippen LogP contribution >= 0.6 is 35.3 Å². The Kier molecular flexibility index (Phi) is 8.78. The Morgan fingerprint density at radius 3 is 2.78 bits per heavy atom.